The van der Waals surface area contributed by atoms with Crippen molar-refractivity contribution in [1.82, 2.24) is 4.98 Å². The minimum Gasteiger partial charge on any atom is -0.263 e. The molecule has 2 N–H and O–H groups in total. The second-order valence-electron chi connectivity index (χ2n) is 6.61. The van der Waals surface area contributed by atoms with E-state index in [0.29, 0.717) is 0 Å². The second-order valence-corrected chi connectivity index (χ2v) is 9.98. The van der Waals surface area contributed by atoms with Gasteiger partial charge in [0.25, 0.3) is 20.0 Å². The molecule has 0 aliphatic heterocycles. The Morgan fingerprint density at radius 2 is 1.00 bits per heavy atom. The van der Waals surface area contributed by atoms with E-state index in [-0.39, 0.29) is 21.4 Å². The molecule has 0 spiro atoms. The van der Waals surface area contributed by atoms with Gasteiger partial charge >= 0.3 is 0 Å². The van der Waals surface area contributed by atoms with Crippen molar-refractivity contribution in [1.29, 1.82) is 0 Å². The molecule has 3 aromatic rings. The van der Waals surface area contributed by atoms with Gasteiger partial charge in [-0.2, -0.15) is 0 Å². The molecule has 0 atom stereocenters. The molecule has 30 heavy (non-hydrogen) atoms. The van der Waals surface area contributed by atoms with E-state index in [1.165, 1.54) is 42.5 Å². The van der Waals surface area contributed by atoms with Crippen LogP contribution in [0.25, 0.3) is 0 Å². The van der Waals surface area contributed by atoms with Crippen molar-refractivity contribution < 1.29 is 16.8 Å². The summed E-state index contributed by atoms with van der Waals surface area (Å²) < 4.78 is 55.1. The number of aromatic nitrogens is 1. The summed E-state index contributed by atoms with van der Waals surface area (Å²) in [6.07, 6.45) is 1.61. The molecule has 1 heterocycles. The van der Waals surface area contributed by atoms with E-state index >= 15 is 0 Å². The van der Waals surface area contributed by atoms with Gasteiger partial charge in [-0.15, -0.1) is 0 Å². The van der Waals surface area contributed by atoms with Gasteiger partial charge in [0.05, 0.1) is 9.79 Å². The lowest BCUT2D eigenvalue weighted by Gasteiger charge is -2.11. The molecule has 3 rings (SSSR count). The highest BCUT2D eigenvalue weighted by atomic mass is 32.2. The molecule has 0 aliphatic rings. The normalized spacial score (nSPS) is 11.8. The molecule has 0 radical (unpaired) electrons. The highest BCUT2D eigenvalue weighted by Gasteiger charge is 2.17. The van der Waals surface area contributed by atoms with E-state index in [4.69, 9.17) is 0 Å². The van der Waals surface area contributed by atoms with E-state index < -0.39 is 20.0 Å². The quantitative estimate of drug-likeness (QED) is 0.549. The molecular formula is C21H23N3O4S2. The first-order chi connectivity index (χ1) is 14.2. The Balaban J connectivity index is 1.79. The number of nitrogens with zero attached hydrogens (tertiary/aromatic N) is 1. The number of pyridine rings is 1. The molecule has 158 valence electrons. The third-order valence-corrected chi connectivity index (χ3v) is 7.25. The van der Waals surface area contributed by atoms with Crippen molar-refractivity contribution in [2.75, 3.05) is 9.44 Å². The third kappa shape index (κ3) is 5.17. The van der Waals surface area contributed by atoms with Crippen LogP contribution >= 0.6 is 0 Å². The average molecular weight is 446 g/mol. The van der Waals surface area contributed by atoms with Crippen LogP contribution in [0.5, 0.6) is 0 Å². The number of benzene rings is 2. The zero-order valence-corrected chi connectivity index (χ0v) is 18.3. The largest absolute Gasteiger partial charge is 0.263 e. The minimum atomic E-state index is -3.85. The van der Waals surface area contributed by atoms with E-state index in [9.17, 15) is 16.8 Å². The van der Waals surface area contributed by atoms with E-state index in [0.717, 1.165) is 24.0 Å². The maximum Gasteiger partial charge on any atom is 0.263 e. The Bertz CT molecular complexity index is 1130. The minimum absolute atomic E-state index is 0.0103. The predicted octanol–water partition coefficient (Wildman–Crippen LogP) is 3.81. The number of rotatable bonds is 8. The standard InChI is InChI=1S/C21H23N3O4S2/c1-3-16-8-12-18(13-9-16)29(25,26)23-20-6-5-7-21(22-20)24-30(27,28)19-14-10-17(4-2)11-15-19/h5-15H,3-4H2,1-2H3,(H2,22,23,24). The highest BCUT2D eigenvalue weighted by molar-refractivity contribution is 7.93. The molecule has 2 aromatic carbocycles. The first kappa shape index (κ1) is 21.8. The molecule has 0 saturated carbocycles. The Morgan fingerprint density at radius 1 is 0.633 bits per heavy atom. The predicted molar refractivity (Wildman–Crippen MR) is 117 cm³/mol. The Labute approximate surface area is 177 Å². The van der Waals surface area contributed by atoms with Gasteiger partial charge in [0, 0.05) is 0 Å². The topological polar surface area (TPSA) is 105 Å². The van der Waals surface area contributed by atoms with Gasteiger partial charge in [0.15, 0.2) is 0 Å². The summed E-state index contributed by atoms with van der Waals surface area (Å²) >= 11 is 0. The van der Waals surface area contributed by atoms with Gasteiger partial charge in [0.2, 0.25) is 0 Å². The zero-order valence-electron chi connectivity index (χ0n) is 16.7. The van der Waals surface area contributed by atoms with Gasteiger partial charge in [-0.25, -0.2) is 21.8 Å². The van der Waals surface area contributed by atoms with Crippen LogP contribution < -0.4 is 9.44 Å². The molecule has 0 unspecified atom stereocenters. The lowest BCUT2D eigenvalue weighted by atomic mass is 10.2. The molecule has 0 amide bonds. The number of hydrogen-bond acceptors (Lipinski definition) is 5. The molecule has 0 fully saturated rings. The van der Waals surface area contributed by atoms with Crippen molar-refractivity contribution in [3.63, 3.8) is 0 Å². The second kappa shape index (κ2) is 8.85. The molecule has 0 aliphatic carbocycles. The first-order valence-electron chi connectivity index (χ1n) is 9.44. The van der Waals surface area contributed by atoms with E-state index in [1.807, 2.05) is 13.8 Å². The lowest BCUT2D eigenvalue weighted by molar-refractivity contribution is 0.599. The Morgan fingerprint density at radius 3 is 1.33 bits per heavy atom. The van der Waals surface area contributed by atoms with Gasteiger partial charge in [0.1, 0.15) is 11.6 Å². The number of nitrogens with one attached hydrogen (secondary N) is 2. The summed E-state index contributed by atoms with van der Waals surface area (Å²) in [4.78, 5) is 4.28. The number of aryl methyl sites for hydroxylation is 2. The zero-order chi connectivity index (χ0) is 21.8. The summed E-state index contributed by atoms with van der Waals surface area (Å²) in [5.74, 6) is 0.0206. The van der Waals surface area contributed by atoms with E-state index in [1.54, 1.807) is 24.3 Å². The van der Waals surface area contributed by atoms with Crippen molar-refractivity contribution in [2.45, 2.75) is 36.5 Å². The number of anilines is 2. The van der Waals surface area contributed by atoms with Crippen LogP contribution in [0.4, 0.5) is 11.6 Å². The van der Waals surface area contributed by atoms with Gasteiger partial charge in [-0.1, -0.05) is 44.2 Å². The van der Waals surface area contributed by atoms with Crippen LogP contribution in [0, 0.1) is 0 Å². The maximum absolute atomic E-state index is 12.6. The molecule has 0 bridgehead atoms. The Kier molecular flexibility index (Phi) is 6.42. The number of hydrogen-bond donors (Lipinski definition) is 2. The lowest BCUT2D eigenvalue weighted by Crippen LogP contribution is -2.16. The van der Waals surface area contributed by atoms with Crippen molar-refractivity contribution >= 4 is 31.7 Å². The first-order valence-corrected chi connectivity index (χ1v) is 12.4. The van der Waals surface area contributed by atoms with Crippen LogP contribution in [-0.4, -0.2) is 21.8 Å². The smallest absolute Gasteiger partial charge is 0.263 e. The van der Waals surface area contributed by atoms with Crippen LogP contribution in [-0.2, 0) is 32.9 Å². The third-order valence-electron chi connectivity index (χ3n) is 4.51. The SMILES string of the molecule is CCc1ccc(S(=O)(=O)Nc2cccc(NS(=O)(=O)c3ccc(CC)cc3)n2)cc1. The fourth-order valence-corrected chi connectivity index (χ4v) is 4.75. The highest BCUT2D eigenvalue weighted by Crippen LogP contribution is 2.19. The molecule has 9 heteroatoms. The fraction of sp³-hybridized carbons (Fsp3) is 0.190. The van der Waals surface area contributed by atoms with Crippen LogP contribution in [0.3, 0.4) is 0 Å². The van der Waals surface area contributed by atoms with Crippen LogP contribution in [0.2, 0.25) is 0 Å². The van der Waals surface area contributed by atoms with Crippen LogP contribution in [0.1, 0.15) is 25.0 Å². The summed E-state index contributed by atoms with van der Waals surface area (Å²) in [5, 5.41) is 0. The molecule has 0 saturated heterocycles. The Hall–Kier alpha value is -2.91. The molecular weight excluding hydrogens is 422 g/mol. The summed E-state index contributed by atoms with van der Waals surface area (Å²) in [6, 6.07) is 17.5. The van der Waals surface area contributed by atoms with Crippen molar-refractivity contribution in [2.24, 2.45) is 0 Å². The molecule has 1 aromatic heterocycles. The van der Waals surface area contributed by atoms with Gasteiger partial charge in [-0.3, -0.25) is 9.44 Å². The monoisotopic (exact) mass is 445 g/mol. The molecule has 7 nitrogen and oxygen atoms in total. The van der Waals surface area contributed by atoms with Gasteiger partial charge < -0.3 is 0 Å². The van der Waals surface area contributed by atoms with Crippen LogP contribution in [0.15, 0.2) is 76.5 Å². The summed E-state index contributed by atoms with van der Waals surface area (Å²) in [7, 11) is -7.70. The van der Waals surface area contributed by atoms with Crippen molar-refractivity contribution in [3.8, 4) is 0 Å². The maximum atomic E-state index is 12.6. The van der Waals surface area contributed by atoms with Crippen molar-refractivity contribution in [3.05, 3.63) is 77.9 Å². The average Bonchev–Trinajstić information content (AvgIpc) is 2.73. The number of sulfonamides is 2. The van der Waals surface area contributed by atoms with E-state index in [2.05, 4.69) is 14.4 Å². The fourth-order valence-electron chi connectivity index (χ4n) is 2.75. The summed E-state index contributed by atoms with van der Waals surface area (Å²) in [5.41, 5.74) is 2.05. The van der Waals surface area contributed by atoms with Gasteiger partial charge in [-0.05, 0) is 60.4 Å². The summed E-state index contributed by atoms with van der Waals surface area (Å²) in [6.45, 7) is 3.97.